The number of pyridine rings is 1. The summed E-state index contributed by atoms with van der Waals surface area (Å²) < 4.78 is 5.70. The first-order valence-corrected chi connectivity index (χ1v) is 10.3. The highest BCUT2D eigenvalue weighted by Crippen LogP contribution is 2.31. The molecule has 30 heavy (non-hydrogen) atoms. The van der Waals surface area contributed by atoms with Crippen molar-refractivity contribution < 1.29 is 9.53 Å². The van der Waals surface area contributed by atoms with E-state index in [1.807, 2.05) is 53.6 Å². The van der Waals surface area contributed by atoms with Gasteiger partial charge in [0.15, 0.2) is 0 Å². The monoisotopic (exact) mass is 403 g/mol. The molecule has 3 heterocycles. The molecule has 154 valence electrons. The van der Waals surface area contributed by atoms with Crippen LogP contribution in [0.4, 0.5) is 11.6 Å². The Morgan fingerprint density at radius 1 is 1.03 bits per heavy atom. The second kappa shape index (κ2) is 9.82. The predicted octanol–water partition coefficient (Wildman–Crippen LogP) is 4.14. The molecule has 1 unspecified atom stereocenters. The van der Waals surface area contributed by atoms with Crippen LogP contribution < -0.4 is 10.1 Å². The molecular weight excluding hydrogens is 378 g/mol. The Morgan fingerprint density at radius 3 is 2.70 bits per heavy atom. The lowest BCUT2D eigenvalue weighted by molar-refractivity contribution is -0.135. The lowest BCUT2D eigenvalue weighted by atomic mass is 9.96. The van der Waals surface area contributed by atoms with Gasteiger partial charge in [0.1, 0.15) is 17.4 Å². The maximum atomic E-state index is 12.9. The molecule has 1 fully saturated rings. The van der Waals surface area contributed by atoms with Gasteiger partial charge in [-0.1, -0.05) is 24.3 Å². The molecule has 0 aliphatic carbocycles. The lowest BCUT2D eigenvalue weighted by Crippen LogP contribution is -2.39. The number of nitrogens with zero attached hydrogens (tertiary/aromatic N) is 4. The summed E-state index contributed by atoms with van der Waals surface area (Å²) in [7, 11) is 0. The normalized spacial score (nSPS) is 16.1. The van der Waals surface area contributed by atoms with E-state index < -0.39 is 0 Å². The van der Waals surface area contributed by atoms with Crippen LogP contribution in [0.5, 0.6) is 5.75 Å². The Morgan fingerprint density at radius 2 is 1.93 bits per heavy atom. The molecule has 2 aromatic heterocycles. The number of nitrogens with one attached hydrogen (secondary N) is 1. The maximum Gasteiger partial charge on any atom is 0.226 e. The first-order valence-electron chi connectivity index (χ1n) is 10.3. The van der Waals surface area contributed by atoms with Crippen LogP contribution in [0.1, 0.15) is 37.3 Å². The number of benzene rings is 1. The van der Waals surface area contributed by atoms with Crippen molar-refractivity contribution in [3.63, 3.8) is 0 Å². The number of aromatic nitrogens is 3. The van der Waals surface area contributed by atoms with Crippen LogP contribution in [-0.4, -0.2) is 38.9 Å². The van der Waals surface area contributed by atoms with Gasteiger partial charge in [0.05, 0.1) is 25.3 Å². The predicted molar refractivity (Wildman–Crippen MR) is 114 cm³/mol. The molecule has 1 atom stereocenters. The third kappa shape index (κ3) is 5.11. The third-order valence-corrected chi connectivity index (χ3v) is 5.14. The zero-order valence-electron chi connectivity index (χ0n) is 16.8. The summed E-state index contributed by atoms with van der Waals surface area (Å²) in [5, 5.41) is 3.13. The molecule has 1 amide bonds. The zero-order chi connectivity index (χ0) is 20.6. The average Bonchev–Trinajstić information content (AvgIpc) is 2.81. The zero-order valence-corrected chi connectivity index (χ0v) is 16.8. The minimum absolute atomic E-state index is 0.0565. The van der Waals surface area contributed by atoms with E-state index in [2.05, 4.69) is 20.3 Å². The smallest absolute Gasteiger partial charge is 0.226 e. The number of rotatable bonds is 7. The molecule has 7 heteroatoms. The summed E-state index contributed by atoms with van der Waals surface area (Å²) >= 11 is 0. The molecule has 0 saturated carbocycles. The van der Waals surface area contributed by atoms with E-state index in [9.17, 15) is 4.79 Å². The van der Waals surface area contributed by atoms with Crippen LogP contribution >= 0.6 is 0 Å². The number of amides is 1. The molecule has 0 bridgehead atoms. The molecule has 1 saturated heterocycles. The number of carbonyl (C=O) groups excluding carboxylic acids is 1. The van der Waals surface area contributed by atoms with E-state index in [4.69, 9.17) is 4.74 Å². The van der Waals surface area contributed by atoms with Gasteiger partial charge in [-0.25, -0.2) is 9.97 Å². The molecule has 4 rings (SSSR count). The summed E-state index contributed by atoms with van der Waals surface area (Å²) in [5.41, 5.74) is 1.05. The summed E-state index contributed by atoms with van der Waals surface area (Å²) in [6.07, 6.45) is 10.2. The fourth-order valence-corrected chi connectivity index (χ4v) is 3.66. The van der Waals surface area contributed by atoms with Gasteiger partial charge in [-0.15, -0.1) is 0 Å². The van der Waals surface area contributed by atoms with Crippen LogP contribution in [0.3, 0.4) is 0 Å². The first kappa shape index (κ1) is 19.8. The highest BCUT2D eigenvalue weighted by Gasteiger charge is 2.28. The fraction of sp³-hybridized carbons (Fsp3) is 0.304. The quantitative estimate of drug-likeness (QED) is 0.639. The number of hydrogen-bond acceptors (Lipinski definition) is 6. The standard InChI is InChI=1S/C23H25N5O2/c29-23(11-15-30-19-6-2-1-3-7-19)28-14-5-4-8-20(28)18-9-10-21(26-16-18)27-22-17-24-12-13-25-22/h1-3,6-7,9-10,12-13,16-17,20H,4-5,8,11,14-15H2,(H,25,26,27). The molecule has 7 nitrogen and oxygen atoms in total. The Kier molecular flexibility index (Phi) is 6.49. The van der Waals surface area contributed by atoms with Crippen molar-refractivity contribution in [3.8, 4) is 5.75 Å². The minimum atomic E-state index is 0.0565. The number of hydrogen-bond donors (Lipinski definition) is 1. The Bertz CT molecular complexity index is 935. The third-order valence-electron chi connectivity index (χ3n) is 5.14. The summed E-state index contributed by atoms with van der Waals surface area (Å²) in [6.45, 7) is 1.15. The van der Waals surface area contributed by atoms with E-state index in [1.165, 1.54) is 0 Å². The van der Waals surface area contributed by atoms with E-state index in [1.54, 1.807) is 18.6 Å². The van der Waals surface area contributed by atoms with Crippen molar-refractivity contribution >= 4 is 17.5 Å². The molecule has 1 aliphatic heterocycles. The van der Waals surface area contributed by atoms with Crippen molar-refractivity contribution in [1.29, 1.82) is 0 Å². The van der Waals surface area contributed by atoms with Crippen molar-refractivity contribution in [1.82, 2.24) is 19.9 Å². The Labute approximate surface area is 176 Å². The van der Waals surface area contributed by atoms with Crippen LogP contribution in [0.25, 0.3) is 0 Å². The van der Waals surface area contributed by atoms with Crippen LogP contribution in [0.15, 0.2) is 67.3 Å². The van der Waals surface area contributed by atoms with Gasteiger partial charge in [0.25, 0.3) is 0 Å². The maximum absolute atomic E-state index is 12.9. The van der Waals surface area contributed by atoms with Gasteiger partial charge in [-0.05, 0) is 43.0 Å². The number of carbonyl (C=O) groups is 1. The fourth-order valence-electron chi connectivity index (χ4n) is 3.66. The van der Waals surface area contributed by atoms with Crippen molar-refractivity contribution in [3.05, 3.63) is 72.8 Å². The minimum Gasteiger partial charge on any atom is -0.493 e. The summed E-state index contributed by atoms with van der Waals surface area (Å²) in [5.74, 6) is 2.25. The number of anilines is 2. The van der Waals surface area contributed by atoms with Gasteiger partial charge in [-0.3, -0.25) is 9.78 Å². The van der Waals surface area contributed by atoms with Gasteiger partial charge in [0, 0.05) is 25.1 Å². The van der Waals surface area contributed by atoms with Crippen molar-refractivity contribution in [2.24, 2.45) is 0 Å². The number of likely N-dealkylation sites (tertiary alicyclic amines) is 1. The summed E-state index contributed by atoms with van der Waals surface area (Å²) in [4.78, 5) is 27.6. The number of para-hydroxylation sites is 1. The lowest BCUT2D eigenvalue weighted by Gasteiger charge is -2.36. The van der Waals surface area contributed by atoms with Gasteiger partial charge in [-0.2, -0.15) is 0 Å². The van der Waals surface area contributed by atoms with Crippen LogP contribution in [0.2, 0.25) is 0 Å². The second-order valence-corrected chi connectivity index (χ2v) is 7.20. The molecule has 1 N–H and O–H groups in total. The highest BCUT2D eigenvalue weighted by atomic mass is 16.5. The Balaban J connectivity index is 1.37. The van der Waals surface area contributed by atoms with Gasteiger partial charge >= 0.3 is 0 Å². The second-order valence-electron chi connectivity index (χ2n) is 7.20. The molecule has 3 aromatic rings. The largest absolute Gasteiger partial charge is 0.493 e. The number of ether oxygens (including phenoxy) is 1. The molecular formula is C23H25N5O2. The summed E-state index contributed by atoms with van der Waals surface area (Å²) in [6, 6.07) is 13.6. The van der Waals surface area contributed by atoms with Crippen molar-refractivity contribution in [2.45, 2.75) is 31.7 Å². The van der Waals surface area contributed by atoms with E-state index in [0.29, 0.717) is 24.7 Å². The van der Waals surface area contributed by atoms with E-state index in [0.717, 1.165) is 37.1 Å². The first-order chi connectivity index (χ1) is 14.8. The van der Waals surface area contributed by atoms with Gasteiger partial charge in [0.2, 0.25) is 5.91 Å². The SMILES string of the molecule is O=C(CCOc1ccccc1)N1CCCCC1c1ccc(Nc2cnccn2)nc1. The molecule has 0 radical (unpaired) electrons. The van der Waals surface area contributed by atoms with Gasteiger partial charge < -0.3 is 15.0 Å². The van der Waals surface area contributed by atoms with E-state index in [-0.39, 0.29) is 11.9 Å². The van der Waals surface area contributed by atoms with Crippen LogP contribution in [-0.2, 0) is 4.79 Å². The van der Waals surface area contributed by atoms with Crippen molar-refractivity contribution in [2.75, 3.05) is 18.5 Å². The molecule has 1 aromatic carbocycles. The molecule has 1 aliphatic rings. The van der Waals surface area contributed by atoms with Crippen LogP contribution in [0, 0.1) is 0 Å². The topological polar surface area (TPSA) is 80.2 Å². The van der Waals surface area contributed by atoms with E-state index >= 15 is 0 Å². The molecule has 0 spiro atoms. The number of piperidine rings is 1. The average molecular weight is 403 g/mol. The Hall–Kier alpha value is -3.48. The highest BCUT2D eigenvalue weighted by molar-refractivity contribution is 5.77.